The Balaban J connectivity index is 2.32. The molecule has 5 nitrogen and oxygen atoms in total. The number of nitro benzene ring substituents is 1. The molecule has 0 fully saturated rings. The summed E-state index contributed by atoms with van der Waals surface area (Å²) in [4.78, 5) is 22.1. The molecule has 0 N–H and O–H groups in total. The van der Waals surface area contributed by atoms with E-state index < -0.39 is 0 Å². The van der Waals surface area contributed by atoms with Gasteiger partial charge in [-0.15, -0.1) is 0 Å². The van der Waals surface area contributed by atoms with E-state index in [9.17, 15) is 14.9 Å². The molecule has 0 atom stereocenters. The van der Waals surface area contributed by atoms with Crippen LogP contribution in [0.5, 0.6) is 0 Å². The number of nitrogens with zero attached hydrogens (tertiary/aromatic N) is 1. The van der Waals surface area contributed by atoms with Crippen molar-refractivity contribution < 1.29 is 14.5 Å². The first-order valence-electron chi connectivity index (χ1n) is 7.37. The Bertz CT molecular complexity index is 720. The Morgan fingerprint density at radius 2 is 1.83 bits per heavy atom. The van der Waals surface area contributed by atoms with Crippen molar-refractivity contribution in [3.63, 3.8) is 0 Å². The van der Waals surface area contributed by atoms with Crippen LogP contribution < -0.4 is 0 Å². The van der Waals surface area contributed by atoms with Crippen LogP contribution in [0.4, 0.5) is 5.69 Å². The third-order valence-electron chi connectivity index (χ3n) is 3.73. The molecule has 0 saturated heterocycles. The molecule has 0 saturated carbocycles. The fourth-order valence-corrected chi connectivity index (χ4v) is 2.52. The highest BCUT2D eigenvalue weighted by atomic mass is 16.6. The molecule has 2 aromatic rings. The molecule has 0 amide bonds. The van der Waals surface area contributed by atoms with Crippen LogP contribution in [0.15, 0.2) is 42.5 Å². The Morgan fingerprint density at radius 1 is 1.17 bits per heavy atom. The zero-order chi connectivity index (χ0) is 17.0. The van der Waals surface area contributed by atoms with Gasteiger partial charge in [0.2, 0.25) is 0 Å². The largest absolute Gasteiger partial charge is 0.465 e. The van der Waals surface area contributed by atoms with Gasteiger partial charge in [0.15, 0.2) is 0 Å². The van der Waals surface area contributed by atoms with Gasteiger partial charge in [-0.1, -0.05) is 32.0 Å². The average molecular weight is 313 g/mol. The minimum absolute atomic E-state index is 0.0931. The van der Waals surface area contributed by atoms with Crippen molar-refractivity contribution in [3.8, 4) is 0 Å². The quantitative estimate of drug-likeness (QED) is 0.473. The second-order valence-corrected chi connectivity index (χ2v) is 5.66. The topological polar surface area (TPSA) is 69.4 Å². The monoisotopic (exact) mass is 313 g/mol. The predicted molar refractivity (Wildman–Crippen MR) is 87.8 cm³/mol. The smallest absolute Gasteiger partial charge is 0.337 e. The number of hydrogen-bond donors (Lipinski definition) is 0. The molecule has 5 heteroatoms. The summed E-state index contributed by atoms with van der Waals surface area (Å²) in [5.74, 6) is -0.102. The van der Waals surface area contributed by atoms with Crippen LogP contribution >= 0.6 is 0 Å². The maximum atomic E-state index is 11.4. The Hall–Kier alpha value is -2.69. The van der Waals surface area contributed by atoms with Crippen molar-refractivity contribution >= 4 is 11.7 Å². The maximum absolute atomic E-state index is 11.4. The van der Waals surface area contributed by atoms with Crippen molar-refractivity contribution in [3.05, 3.63) is 74.8 Å². The average Bonchev–Trinajstić information content (AvgIpc) is 2.54. The predicted octanol–water partition coefficient (Wildman–Crippen LogP) is 4.10. The lowest BCUT2D eigenvalue weighted by Gasteiger charge is -2.13. The summed E-state index contributed by atoms with van der Waals surface area (Å²) >= 11 is 0. The lowest BCUT2D eigenvalue weighted by Crippen LogP contribution is -2.02. The standard InChI is InChI=1S/C18H19NO4/c1-12(2)17-9-8-16(19(21)22)11-15(17)10-13-4-6-14(7-5-13)18(20)23-3/h4-9,11-12H,10H2,1-3H3. The number of rotatable bonds is 5. The highest BCUT2D eigenvalue weighted by Crippen LogP contribution is 2.26. The number of carbonyl (C=O) groups is 1. The molecule has 0 unspecified atom stereocenters. The van der Waals surface area contributed by atoms with Crippen LogP contribution in [0.1, 0.15) is 46.8 Å². The van der Waals surface area contributed by atoms with Gasteiger partial charge < -0.3 is 4.74 Å². The van der Waals surface area contributed by atoms with Gasteiger partial charge in [0, 0.05) is 12.1 Å². The van der Waals surface area contributed by atoms with Gasteiger partial charge in [-0.3, -0.25) is 10.1 Å². The summed E-state index contributed by atoms with van der Waals surface area (Å²) in [6.45, 7) is 4.12. The zero-order valence-corrected chi connectivity index (χ0v) is 13.4. The van der Waals surface area contributed by atoms with Crippen LogP contribution in [-0.2, 0) is 11.2 Å². The van der Waals surface area contributed by atoms with Crippen LogP contribution in [0, 0.1) is 10.1 Å². The normalized spacial score (nSPS) is 10.6. The summed E-state index contributed by atoms with van der Waals surface area (Å²) in [7, 11) is 1.34. The van der Waals surface area contributed by atoms with E-state index in [4.69, 9.17) is 0 Å². The molecule has 0 spiro atoms. The van der Waals surface area contributed by atoms with E-state index in [1.165, 1.54) is 7.11 Å². The van der Waals surface area contributed by atoms with Crippen molar-refractivity contribution in [2.45, 2.75) is 26.2 Å². The molecule has 0 bridgehead atoms. The van der Waals surface area contributed by atoms with Crippen LogP contribution in [-0.4, -0.2) is 18.0 Å². The van der Waals surface area contributed by atoms with Gasteiger partial charge in [-0.25, -0.2) is 4.79 Å². The van der Waals surface area contributed by atoms with Crippen LogP contribution in [0.2, 0.25) is 0 Å². The molecular weight excluding hydrogens is 294 g/mol. The van der Waals surface area contributed by atoms with Gasteiger partial charge in [-0.2, -0.15) is 0 Å². The molecule has 120 valence electrons. The molecule has 2 rings (SSSR count). The van der Waals surface area contributed by atoms with Crippen molar-refractivity contribution in [1.29, 1.82) is 0 Å². The molecule has 0 radical (unpaired) electrons. The molecule has 23 heavy (non-hydrogen) atoms. The fraction of sp³-hybridized carbons (Fsp3) is 0.278. The summed E-state index contributed by atoms with van der Waals surface area (Å²) in [6.07, 6.45) is 0.580. The third kappa shape index (κ3) is 3.94. The Morgan fingerprint density at radius 3 is 2.35 bits per heavy atom. The SMILES string of the molecule is COC(=O)c1ccc(Cc2cc([N+](=O)[O-])ccc2C(C)C)cc1. The number of benzene rings is 2. The summed E-state index contributed by atoms with van der Waals surface area (Å²) in [6, 6.07) is 12.1. The fourth-order valence-electron chi connectivity index (χ4n) is 2.52. The van der Waals surface area contributed by atoms with E-state index >= 15 is 0 Å². The first-order chi connectivity index (χ1) is 10.9. The number of nitro groups is 1. The van der Waals surface area contributed by atoms with Crippen molar-refractivity contribution in [2.75, 3.05) is 7.11 Å². The molecule has 0 heterocycles. The second kappa shape index (κ2) is 7.05. The third-order valence-corrected chi connectivity index (χ3v) is 3.73. The highest BCUT2D eigenvalue weighted by Gasteiger charge is 2.14. The van der Waals surface area contributed by atoms with Crippen LogP contribution in [0.3, 0.4) is 0 Å². The van der Waals surface area contributed by atoms with Crippen molar-refractivity contribution in [1.82, 2.24) is 0 Å². The molecule has 0 aliphatic rings. The second-order valence-electron chi connectivity index (χ2n) is 5.66. The van der Waals surface area contributed by atoms with E-state index in [0.717, 1.165) is 16.7 Å². The van der Waals surface area contributed by atoms with Gasteiger partial charge >= 0.3 is 5.97 Å². The number of ether oxygens (including phenoxy) is 1. The number of methoxy groups -OCH3 is 1. The lowest BCUT2D eigenvalue weighted by atomic mass is 9.92. The van der Waals surface area contributed by atoms with E-state index in [2.05, 4.69) is 18.6 Å². The van der Waals surface area contributed by atoms with Gasteiger partial charge in [0.1, 0.15) is 0 Å². The maximum Gasteiger partial charge on any atom is 0.337 e. The molecular formula is C18H19NO4. The Labute approximate surface area is 135 Å². The van der Waals surface area contributed by atoms with Crippen LogP contribution in [0.25, 0.3) is 0 Å². The first kappa shape index (κ1) is 16.7. The summed E-state index contributed by atoms with van der Waals surface area (Å²) < 4.78 is 4.67. The Kier molecular flexibility index (Phi) is 5.11. The van der Waals surface area contributed by atoms with Gasteiger partial charge in [0.25, 0.3) is 5.69 Å². The van der Waals surface area contributed by atoms with Gasteiger partial charge in [-0.05, 0) is 41.2 Å². The minimum Gasteiger partial charge on any atom is -0.465 e. The van der Waals surface area contributed by atoms with Gasteiger partial charge in [0.05, 0.1) is 17.6 Å². The van der Waals surface area contributed by atoms with Crippen molar-refractivity contribution in [2.24, 2.45) is 0 Å². The zero-order valence-electron chi connectivity index (χ0n) is 13.4. The molecule has 2 aromatic carbocycles. The van der Waals surface area contributed by atoms with E-state index in [1.54, 1.807) is 24.3 Å². The molecule has 0 aliphatic carbocycles. The number of hydrogen-bond acceptors (Lipinski definition) is 4. The summed E-state index contributed by atoms with van der Waals surface area (Å²) in [5, 5.41) is 11.0. The first-order valence-corrected chi connectivity index (χ1v) is 7.37. The highest BCUT2D eigenvalue weighted by molar-refractivity contribution is 5.89. The molecule has 0 aliphatic heterocycles. The van der Waals surface area contributed by atoms with E-state index in [1.807, 2.05) is 18.2 Å². The van der Waals surface area contributed by atoms with E-state index in [-0.39, 0.29) is 22.5 Å². The number of carbonyl (C=O) groups excluding carboxylic acids is 1. The van der Waals surface area contributed by atoms with E-state index in [0.29, 0.717) is 12.0 Å². The lowest BCUT2D eigenvalue weighted by molar-refractivity contribution is -0.384. The minimum atomic E-state index is -0.381. The number of non-ortho nitro benzene ring substituents is 1. The molecule has 0 aromatic heterocycles. The summed E-state index contributed by atoms with van der Waals surface area (Å²) in [5.41, 5.74) is 3.59. The number of esters is 1.